The Kier molecular flexibility index (Phi) is 2.32. The Morgan fingerprint density at radius 3 is 1.90 bits per heavy atom. The summed E-state index contributed by atoms with van der Waals surface area (Å²) >= 11 is 0. The minimum Gasteiger partial charge on any atom is -0.393 e. The van der Waals surface area contributed by atoms with E-state index in [1.165, 1.54) is 0 Å². The Balaban J connectivity index is 0.000000231. The molecule has 0 bridgehead atoms. The molecule has 2 heteroatoms. The summed E-state index contributed by atoms with van der Waals surface area (Å²) in [5.41, 5.74) is 0.555. The summed E-state index contributed by atoms with van der Waals surface area (Å²) in [5.74, 6) is 0. The highest BCUT2D eigenvalue weighted by Gasteiger charge is 2.47. The highest BCUT2D eigenvalue weighted by atomic mass is 16.3. The maximum Gasteiger partial charge on any atom is 0.0552 e. The Morgan fingerprint density at radius 1 is 1.30 bits per heavy atom. The monoisotopic (exact) mass is 143 g/mol. The minimum atomic E-state index is 0.0251. The summed E-state index contributed by atoms with van der Waals surface area (Å²) in [4.78, 5) is 0. The van der Waals surface area contributed by atoms with Gasteiger partial charge in [-0.25, -0.2) is 0 Å². The van der Waals surface area contributed by atoms with Crippen molar-refractivity contribution in [3.63, 3.8) is 0 Å². The van der Waals surface area contributed by atoms with Crippen molar-refractivity contribution in [2.75, 3.05) is 13.1 Å². The molecule has 0 aromatic carbocycles. The van der Waals surface area contributed by atoms with Crippen LogP contribution in [0.25, 0.3) is 0 Å². The van der Waals surface area contributed by atoms with Gasteiger partial charge in [0, 0.05) is 18.5 Å². The summed E-state index contributed by atoms with van der Waals surface area (Å²) in [6, 6.07) is 0. The number of hydrogen-bond donors (Lipinski definition) is 2. The van der Waals surface area contributed by atoms with Crippen molar-refractivity contribution >= 4 is 0 Å². The van der Waals surface area contributed by atoms with Crippen LogP contribution in [0.15, 0.2) is 0 Å². The van der Waals surface area contributed by atoms with Crippen molar-refractivity contribution in [3.05, 3.63) is 0 Å². The highest BCUT2D eigenvalue weighted by molar-refractivity contribution is 5.02. The lowest BCUT2D eigenvalue weighted by molar-refractivity contribution is -0.0635. The van der Waals surface area contributed by atoms with Crippen LogP contribution >= 0.6 is 0 Å². The number of rotatable bonds is 0. The molecule has 2 N–H and O–H groups in total. The van der Waals surface area contributed by atoms with E-state index < -0.39 is 0 Å². The number of aliphatic hydroxyl groups excluding tert-OH is 1. The molecule has 1 aliphatic carbocycles. The zero-order chi connectivity index (χ0) is 7.61. The van der Waals surface area contributed by atoms with Crippen LogP contribution in [0.2, 0.25) is 0 Å². The maximum absolute atomic E-state index is 8.92. The zero-order valence-corrected chi connectivity index (χ0v) is 6.85. The second-order valence-corrected chi connectivity index (χ2v) is 3.17. The molecular formula is C8H17NO. The molecule has 1 saturated carbocycles. The molecule has 1 aliphatic heterocycles. The molecule has 2 rings (SSSR count). The highest BCUT2D eigenvalue weighted by Crippen LogP contribution is 2.43. The number of hydrogen-bond acceptors (Lipinski definition) is 2. The van der Waals surface area contributed by atoms with Crippen molar-refractivity contribution in [1.82, 2.24) is 5.32 Å². The molecule has 2 aliphatic rings. The fourth-order valence-corrected chi connectivity index (χ4v) is 1.71. The van der Waals surface area contributed by atoms with Crippen molar-refractivity contribution < 1.29 is 5.11 Å². The molecule has 60 valence electrons. The predicted molar refractivity (Wildman–Crippen MR) is 41.9 cm³/mol. The molecule has 10 heavy (non-hydrogen) atoms. The first kappa shape index (κ1) is 8.02. The van der Waals surface area contributed by atoms with Crippen LogP contribution in [0, 0.1) is 5.41 Å². The van der Waals surface area contributed by atoms with E-state index in [9.17, 15) is 0 Å². The predicted octanol–water partition coefficient (Wildman–Crippen LogP) is 0.757. The molecule has 1 heterocycles. The standard InChI is InChI=1S/C6H11NO.C2H6/c8-5-1-6(2-5)3-7-4-6;1-2/h5,7-8H,1-4H2;1-2H3. The first-order valence-electron chi connectivity index (χ1n) is 4.20. The Hall–Kier alpha value is -0.0800. The number of aliphatic hydroxyl groups is 1. The van der Waals surface area contributed by atoms with Gasteiger partial charge in [-0.15, -0.1) is 0 Å². The lowest BCUT2D eigenvalue weighted by atomic mass is 9.63. The summed E-state index contributed by atoms with van der Waals surface area (Å²) in [7, 11) is 0. The van der Waals surface area contributed by atoms with Crippen LogP contribution < -0.4 is 5.32 Å². The van der Waals surface area contributed by atoms with Gasteiger partial charge in [0.15, 0.2) is 0 Å². The van der Waals surface area contributed by atoms with Crippen molar-refractivity contribution in [2.45, 2.75) is 32.8 Å². The van der Waals surface area contributed by atoms with Gasteiger partial charge in [0.2, 0.25) is 0 Å². The van der Waals surface area contributed by atoms with Gasteiger partial charge in [0.1, 0.15) is 0 Å². The molecule has 0 amide bonds. The first-order valence-corrected chi connectivity index (χ1v) is 4.20. The minimum absolute atomic E-state index is 0.0251. The maximum atomic E-state index is 8.92. The van der Waals surface area contributed by atoms with Crippen molar-refractivity contribution in [2.24, 2.45) is 5.41 Å². The van der Waals surface area contributed by atoms with E-state index in [1.807, 2.05) is 13.8 Å². The molecule has 0 aromatic rings. The van der Waals surface area contributed by atoms with Crippen LogP contribution in [0.1, 0.15) is 26.7 Å². The largest absolute Gasteiger partial charge is 0.393 e. The normalized spacial score (nSPS) is 27.9. The molecule has 0 atom stereocenters. The van der Waals surface area contributed by atoms with E-state index in [4.69, 9.17) is 5.11 Å². The molecule has 0 radical (unpaired) electrons. The molecule has 2 fully saturated rings. The van der Waals surface area contributed by atoms with E-state index in [0.29, 0.717) is 5.41 Å². The molecule has 0 unspecified atom stereocenters. The fourth-order valence-electron chi connectivity index (χ4n) is 1.71. The van der Waals surface area contributed by atoms with Gasteiger partial charge >= 0.3 is 0 Å². The van der Waals surface area contributed by atoms with E-state index in [2.05, 4.69) is 5.32 Å². The van der Waals surface area contributed by atoms with E-state index in [1.54, 1.807) is 0 Å². The molecule has 2 nitrogen and oxygen atoms in total. The molecule has 0 aromatic heterocycles. The SMILES string of the molecule is CC.OC1CC2(CNC2)C1. The van der Waals surface area contributed by atoms with Gasteiger partial charge in [0.05, 0.1) is 6.10 Å². The second-order valence-electron chi connectivity index (χ2n) is 3.17. The third-order valence-corrected chi connectivity index (χ3v) is 2.34. The summed E-state index contributed by atoms with van der Waals surface area (Å²) in [6.45, 7) is 6.29. The summed E-state index contributed by atoms with van der Waals surface area (Å²) in [6.07, 6.45) is 2.11. The number of nitrogens with one attached hydrogen (secondary N) is 1. The third kappa shape index (κ3) is 1.18. The summed E-state index contributed by atoms with van der Waals surface area (Å²) < 4.78 is 0. The van der Waals surface area contributed by atoms with Gasteiger partial charge in [-0.05, 0) is 12.8 Å². The quantitative estimate of drug-likeness (QED) is 0.524. The molecule has 1 saturated heterocycles. The topological polar surface area (TPSA) is 32.3 Å². The fraction of sp³-hybridized carbons (Fsp3) is 1.00. The molecular weight excluding hydrogens is 126 g/mol. The Bertz CT molecular complexity index is 102. The smallest absolute Gasteiger partial charge is 0.0552 e. The van der Waals surface area contributed by atoms with Gasteiger partial charge < -0.3 is 10.4 Å². The van der Waals surface area contributed by atoms with E-state index in [-0.39, 0.29) is 6.10 Å². The van der Waals surface area contributed by atoms with E-state index >= 15 is 0 Å². The van der Waals surface area contributed by atoms with Crippen molar-refractivity contribution in [3.8, 4) is 0 Å². The average Bonchev–Trinajstić information content (AvgIpc) is 1.82. The first-order chi connectivity index (χ1) is 4.81. The van der Waals surface area contributed by atoms with Crippen LogP contribution in [0.3, 0.4) is 0 Å². The van der Waals surface area contributed by atoms with Gasteiger partial charge in [-0.3, -0.25) is 0 Å². The van der Waals surface area contributed by atoms with Gasteiger partial charge in [-0.1, -0.05) is 13.8 Å². The average molecular weight is 143 g/mol. The Labute approximate surface area is 62.6 Å². The van der Waals surface area contributed by atoms with Crippen LogP contribution in [-0.2, 0) is 0 Å². The molecule has 1 spiro atoms. The van der Waals surface area contributed by atoms with Crippen LogP contribution in [-0.4, -0.2) is 24.3 Å². The van der Waals surface area contributed by atoms with E-state index in [0.717, 1.165) is 25.9 Å². The third-order valence-electron chi connectivity index (χ3n) is 2.34. The lowest BCUT2D eigenvalue weighted by Crippen LogP contribution is -2.61. The second kappa shape index (κ2) is 2.89. The van der Waals surface area contributed by atoms with Crippen molar-refractivity contribution in [1.29, 1.82) is 0 Å². The van der Waals surface area contributed by atoms with Gasteiger partial charge in [0.25, 0.3) is 0 Å². The van der Waals surface area contributed by atoms with Crippen LogP contribution in [0.5, 0.6) is 0 Å². The van der Waals surface area contributed by atoms with Crippen LogP contribution in [0.4, 0.5) is 0 Å². The Morgan fingerprint density at radius 2 is 1.80 bits per heavy atom. The zero-order valence-electron chi connectivity index (χ0n) is 6.85. The lowest BCUT2D eigenvalue weighted by Gasteiger charge is -2.52. The summed E-state index contributed by atoms with van der Waals surface area (Å²) in [5, 5.41) is 12.1. The van der Waals surface area contributed by atoms with Gasteiger partial charge in [-0.2, -0.15) is 0 Å².